The highest BCUT2D eigenvalue weighted by Gasteiger charge is 2.30. The van der Waals surface area contributed by atoms with Gasteiger partial charge in [0, 0.05) is 18.7 Å². The van der Waals surface area contributed by atoms with Gasteiger partial charge in [-0.05, 0) is 36.2 Å². The van der Waals surface area contributed by atoms with Crippen LogP contribution in [0.1, 0.15) is 34.8 Å². The number of carbonyl (C=O) groups excluding carboxylic acids is 1. The summed E-state index contributed by atoms with van der Waals surface area (Å²) in [6.45, 7) is 1.71. The Morgan fingerprint density at radius 3 is 2.11 bits per heavy atom. The fourth-order valence-corrected chi connectivity index (χ4v) is 2.65. The van der Waals surface area contributed by atoms with Gasteiger partial charge in [0.15, 0.2) is 0 Å². The molecule has 4 nitrogen and oxygen atoms in total. The van der Waals surface area contributed by atoms with Crippen LogP contribution in [0.4, 0.5) is 13.2 Å². The number of halogens is 3. The van der Waals surface area contributed by atoms with Crippen LogP contribution in [-0.2, 0) is 17.5 Å². The van der Waals surface area contributed by atoms with Gasteiger partial charge in [-0.1, -0.05) is 37.3 Å². The molecule has 7 heteroatoms. The minimum Gasteiger partial charge on any atom is -0.481 e. The number of rotatable bonds is 7. The highest BCUT2D eigenvalue weighted by Crippen LogP contribution is 2.29. The van der Waals surface area contributed by atoms with Crippen molar-refractivity contribution in [3.8, 4) is 0 Å². The number of aliphatic carboxylic acids is 1. The number of carboxylic acid groups (broad SMARTS) is 1. The molecule has 0 aliphatic carbocycles. The second kappa shape index (κ2) is 8.70. The van der Waals surface area contributed by atoms with Crippen LogP contribution < -0.4 is 0 Å². The Labute approximate surface area is 155 Å². The first kappa shape index (κ1) is 20.5. The van der Waals surface area contributed by atoms with E-state index in [-0.39, 0.29) is 19.0 Å². The highest BCUT2D eigenvalue weighted by molar-refractivity contribution is 5.94. The molecule has 0 bridgehead atoms. The van der Waals surface area contributed by atoms with E-state index >= 15 is 0 Å². The van der Waals surface area contributed by atoms with Gasteiger partial charge in [-0.2, -0.15) is 13.2 Å². The summed E-state index contributed by atoms with van der Waals surface area (Å²) in [6, 6.07) is 12.9. The molecule has 1 amide bonds. The molecule has 0 aliphatic rings. The number of alkyl halides is 3. The zero-order valence-electron chi connectivity index (χ0n) is 14.7. The van der Waals surface area contributed by atoms with Crippen molar-refractivity contribution in [2.24, 2.45) is 5.92 Å². The van der Waals surface area contributed by atoms with Gasteiger partial charge in [0.1, 0.15) is 0 Å². The summed E-state index contributed by atoms with van der Waals surface area (Å²) < 4.78 is 38.1. The minimum atomic E-state index is -4.44. The van der Waals surface area contributed by atoms with Crippen molar-refractivity contribution in [1.82, 2.24) is 4.90 Å². The van der Waals surface area contributed by atoms with Crippen molar-refractivity contribution >= 4 is 11.9 Å². The molecule has 0 spiro atoms. The number of hydrogen-bond donors (Lipinski definition) is 1. The van der Waals surface area contributed by atoms with Crippen LogP contribution in [0.2, 0.25) is 0 Å². The van der Waals surface area contributed by atoms with E-state index in [9.17, 15) is 27.9 Å². The molecule has 0 aromatic heterocycles. The van der Waals surface area contributed by atoms with Crippen LogP contribution in [-0.4, -0.2) is 28.4 Å². The lowest BCUT2D eigenvalue weighted by Gasteiger charge is -2.26. The lowest BCUT2D eigenvalue weighted by molar-refractivity contribution is -0.142. The van der Waals surface area contributed by atoms with Crippen LogP contribution in [0.3, 0.4) is 0 Å². The summed E-state index contributed by atoms with van der Waals surface area (Å²) in [5.41, 5.74) is 0.112. The Morgan fingerprint density at radius 2 is 1.63 bits per heavy atom. The van der Waals surface area contributed by atoms with Gasteiger partial charge >= 0.3 is 12.1 Å². The third-order valence-corrected chi connectivity index (χ3v) is 4.25. The standard InChI is InChI=1S/C20H20F3NO3/c1-2-15(19(26)27)13-24(18(25)16-6-4-3-5-7-16)12-14-8-10-17(11-9-14)20(21,22)23/h3-11,15H,2,12-13H2,1H3,(H,26,27). The van der Waals surface area contributed by atoms with E-state index in [1.165, 1.54) is 17.0 Å². The first-order chi connectivity index (χ1) is 12.7. The largest absolute Gasteiger partial charge is 0.481 e. The second-order valence-corrected chi connectivity index (χ2v) is 6.19. The van der Waals surface area contributed by atoms with Gasteiger partial charge in [0.05, 0.1) is 11.5 Å². The van der Waals surface area contributed by atoms with E-state index in [0.717, 1.165) is 12.1 Å². The van der Waals surface area contributed by atoms with Crippen molar-refractivity contribution in [1.29, 1.82) is 0 Å². The third-order valence-electron chi connectivity index (χ3n) is 4.25. The summed E-state index contributed by atoms with van der Waals surface area (Å²) in [7, 11) is 0. The molecule has 27 heavy (non-hydrogen) atoms. The first-order valence-electron chi connectivity index (χ1n) is 8.45. The van der Waals surface area contributed by atoms with Crippen LogP contribution >= 0.6 is 0 Å². The van der Waals surface area contributed by atoms with Gasteiger partial charge in [-0.3, -0.25) is 9.59 Å². The van der Waals surface area contributed by atoms with Crippen LogP contribution in [0.25, 0.3) is 0 Å². The zero-order valence-corrected chi connectivity index (χ0v) is 14.7. The number of benzene rings is 2. The molecule has 2 rings (SSSR count). The first-order valence-corrected chi connectivity index (χ1v) is 8.45. The molecule has 0 fully saturated rings. The maximum atomic E-state index is 12.8. The van der Waals surface area contributed by atoms with E-state index in [0.29, 0.717) is 17.5 Å². The Balaban J connectivity index is 2.26. The number of amides is 1. The average Bonchev–Trinajstić information content (AvgIpc) is 2.64. The molecule has 0 aliphatic heterocycles. The van der Waals surface area contributed by atoms with Crippen molar-refractivity contribution < 1.29 is 27.9 Å². The number of nitrogens with zero attached hydrogens (tertiary/aromatic N) is 1. The van der Waals surface area contributed by atoms with Crippen molar-refractivity contribution in [2.75, 3.05) is 6.54 Å². The molecule has 2 aromatic rings. The van der Waals surface area contributed by atoms with E-state index in [1.807, 2.05) is 0 Å². The van der Waals surface area contributed by atoms with Crippen LogP contribution in [0.5, 0.6) is 0 Å². The molecular formula is C20H20F3NO3. The van der Waals surface area contributed by atoms with E-state index in [1.54, 1.807) is 37.3 Å². The second-order valence-electron chi connectivity index (χ2n) is 6.19. The van der Waals surface area contributed by atoms with E-state index in [4.69, 9.17) is 0 Å². The van der Waals surface area contributed by atoms with Crippen molar-refractivity contribution in [3.63, 3.8) is 0 Å². The molecule has 1 N–H and O–H groups in total. The summed E-state index contributed by atoms with van der Waals surface area (Å²) in [4.78, 5) is 25.5. The average molecular weight is 379 g/mol. The van der Waals surface area contributed by atoms with Gasteiger partial charge in [0.2, 0.25) is 0 Å². The van der Waals surface area contributed by atoms with E-state index < -0.39 is 23.6 Å². The predicted octanol–water partition coefficient (Wildman–Crippen LogP) is 4.46. The van der Waals surface area contributed by atoms with Crippen LogP contribution in [0.15, 0.2) is 54.6 Å². The maximum Gasteiger partial charge on any atom is 0.416 e. The smallest absolute Gasteiger partial charge is 0.416 e. The minimum absolute atomic E-state index is 0.0235. The molecule has 0 heterocycles. The van der Waals surface area contributed by atoms with Crippen molar-refractivity contribution in [3.05, 3.63) is 71.3 Å². The van der Waals surface area contributed by atoms with Gasteiger partial charge in [0.25, 0.3) is 5.91 Å². The lowest BCUT2D eigenvalue weighted by atomic mass is 10.0. The fourth-order valence-electron chi connectivity index (χ4n) is 2.65. The van der Waals surface area contributed by atoms with Crippen molar-refractivity contribution in [2.45, 2.75) is 26.1 Å². The molecule has 1 atom stereocenters. The Bertz CT molecular complexity index is 773. The number of carboxylic acids is 1. The maximum absolute atomic E-state index is 12.8. The normalized spacial score (nSPS) is 12.4. The molecule has 144 valence electrons. The fraction of sp³-hybridized carbons (Fsp3) is 0.300. The van der Waals surface area contributed by atoms with Gasteiger partial charge in [-0.25, -0.2) is 0 Å². The van der Waals surface area contributed by atoms with Crippen LogP contribution in [0, 0.1) is 5.92 Å². The molecule has 0 saturated heterocycles. The van der Waals surface area contributed by atoms with Gasteiger partial charge in [-0.15, -0.1) is 0 Å². The monoisotopic (exact) mass is 379 g/mol. The Morgan fingerprint density at radius 1 is 1.04 bits per heavy atom. The van der Waals surface area contributed by atoms with Gasteiger partial charge < -0.3 is 10.0 Å². The SMILES string of the molecule is CCC(CN(Cc1ccc(C(F)(F)F)cc1)C(=O)c1ccccc1)C(=O)O. The quantitative estimate of drug-likeness (QED) is 0.773. The highest BCUT2D eigenvalue weighted by atomic mass is 19.4. The number of carbonyl (C=O) groups is 2. The predicted molar refractivity (Wildman–Crippen MR) is 94.0 cm³/mol. The molecule has 0 saturated carbocycles. The summed E-state index contributed by atoms with van der Waals surface area (Å²) in [5.74, 6) is -2.14. The Hall–Kier alpha value is -2.83. The summed E-state index contributed by atoms with van der Waals surface area (Å²) >= 11 is 0. The summed E-state index contributed by atoms with van der Waals surface area (Å²) in [6.07, 6.45) is -4.10. The summed E-state index contributed by atoms with van der Waals surface area (Å²) in [5, 5.41) is 9.30. The third kappa shape index (κ3) is 5.57. The molecular weight excluding hydrogens is 359 g/mol. The van der Waals surface area contributed by atoms with E-state index in [2.05, 4.69) is 0 Å². The lowest BCUT2D eigenvalue weighted by Crippen LogP contribution is -2.37. The topological polar surface area (TPSA) is 57.6 Å². The zero-order chi connectivity index (χ0) is 20.0. The molecule has 1 unspecified atom stereocenters. The number of hydrogen-bond acceptors (Lipinski definition) is 2. The Kier molecular flexibility index (Phi) is 6.60. The molecule has 2 aromatic carbocycles. The molecule has 0 radical (unpaired) electrons.